The summed E-state index contributed by atoms with van der Waals surface area (Å²) in [7, 11) is 0. The van der Waals surface area contributed by atoms with Gasteiger partial charge in [0, 0.05) is 26.2 Å². The van der Waals surface area contributed by atoms with E-state index in [-0.39, 0.29) is 5.75 Å². The number of pyridine rings is 1. The second kappa shape index (κ2) is 6.86. The third-order valence-electron chi connectivity index (χ3n) is 3.65. The van der Waals surface area contributed by atoms with E-state index in [1.165, 1.54) is 12.3 Å². The first-order valence-corrected chi connectivity index (χ1v) is 7.36. The van der Waals surface area contributed by atoms with E-state index in [1.54, 1.807) is 6.07 Å². The fraction of sp³-hybridized carbons (Fsp3) is 0.500. The number of nitrogens with one attached hydrogen (secondary N) is 1. The number of alkyl halides is 2. The van der Waals surface area contributed by atoms with Crippen LogP contribution in [-0.2, 0) is 6.54 Å². The normalized spacial score (nSPS) is 16.1. The van der Waals surface area contributed by atoms with Crippen molar-refractivity contribution in [2.45, 2.75) is 20.1 Å². The van der Waals surface area contributed by atoms with Crippen LogP contribution in [0.3, 0.4) is 0 Å². The number of hydrogen-bond donors (Lipinski definition) is 1. The van der Waals surface area contributed by atoms with Gasteiger partial charge in [0.15, 0.2) is 5.82 Å². The highest BCUT2D eigenvalue weighted by molar-refractivity contribution is 5.41. The fourth-order valence-corrected chi connectivity index (χ4v) is 2.53. The van der Waals surface area contributed by atoms with Crippen molar-refractivity contribution < 1.29 is 13.5 Å². The topological polar surface area (TPSA) is 70.2 Å². The third-order valence-corrected chi connectivity index (χ3v) is 3.65. The molecule has 1 aliphatic rings. The highest BCUT2D eigenvalue weighted by atomic mass is 19.3. The number of aromatic amines is 1. The van der Waals surface area contributed by atoms with Crippen LogP contribution in [0.25, 0.3) is 0 Å². The van der Waals surface area contributed by atoms with E-state index in [0.29, 0.717) is 6.54 Å². The number of anilines is 1. The molecule has 0 aliphatic carbocycles. The van der Waals surface area contributed by atoms with Crippen LogP contribution < -0.4 is 9.64 Å². The molecular formula is C14H18F2N6O. The maximum atomic E-state index is 12.1. The zero-order valence-electron chi connectivity index (χ0n) is 12.7. The molecule has 7 nitrogen and oxygen atoms in total. The van der Waals surface area contributed by atoms with Crippen LogP contribution in [0.15, 0.2) is 18.3 Å². The molecule has 2 aromatic heterocycles. The fourth-order valence-electron chi connectivity index (χ4n) is 2.53. The summed E-state index contributed by atoms with van der Waals surface area (Å²) in [6.07, 6.45) is 1.32. The molecule has 1 fully saturated rings. The van der Waals surface area contributed by atoms with Gasteiger partial charge in [0.25, 0.3) is 0 Å². The molecule has 0 atom stereocenters. The molecule has 9 heteroatoms. The van der Waals surface area contributed by atoms with Gasteiger partial charge in [0.05, 0.1) is 12.7 Å². The van der Waals surface area contributed by atoms with Crippen LogP contribution in [0.4, 0.5) is 14.6 Å². The highest BCUT2D eigenvalue weighted by Gasteiger charge is 2.19. The summed E-state index contributed by atoms with van der Waals surface area (Å²) in [5, 5.41) is 6.98. The number of aryl methyl sites for hydroxylation is 1. The summed E-state index contributed by atoms with van der Waals surface area (Å²) in [5.74, 6) is 2.44. The first-order chi connectivity index (χ1) is 11.1. The Morgan fingerprint density at radius 2 is 2.04 bits per heavy atom. The Morgan fingerprint density at radius 1 is 1.26 bits per heavy atom. The second-order valence-electron chi connectivity index (χ2n) is 5.33. The minimum Gasteiger partial charge on any atom is -0.433 e. The second-order valence-corrected chi connectivity index (χ2v) is 5.33. The Bertz CT molecular complexity index is 624. The van der Waals surface area contributed by atoms with Gasteiger partial charge >= 0.3 is 6.61 Å². The predicted molar refractivity (Wildman–Crippen MR) is 79.5 cm³/mol. The van der Waals surface area contributed by atoms with Crippen molar-refractivity contribution in [3.63, 3.8) is 0 Å². The summed E-state index contributed by atoms with van der Waals surface area (Å²) < 4.78 is 28.5. The molecule has 1 aliphatic heterocycles. The Balaban J connectivity index is 1.52. The minimum absolute atomic E-state index is 0.0716. The minimum atomic E-state index is -2.83. The van der Waals surface area contributed by atoms with E-state index in [2.05, 4.69) is 34.7 Å². The molecule has 0 bridgehead atoms. The Hall–Kier alpha value is -2.29. The maximum Gasteiger partial charge on any atom is 0.387 e. The first-order valence-electron chi connectivity index (χ1n) is 7.36. The van der Waals surface area contributed by atoms with E-state index in [1.807, 2.05) is 6.92 Å². The summed E-state index contributed by atoms with van der Waals surface area (Å²) >= 11 is 0. The molecule has 0 radical (unpaired) electrons. The predicted octanol–water partition coefficient (Wildman–Crippen LogP) is 1.43. The Morgan fingerprint density at radius 3 is 2.61 bits per heavy atom. The molecule has 2 aromatic rings. The lowest BCUT2D eigenvalue weighted by Gasteiger charge is -2.34. The van der Waals surface area contributed by atoms with Crippen molar-refractivity contribution >= 4 is 5.82 Å². The quantitative estimate of drug-likeness (QED) is 0.897. The largest absolute Gasteiger partial charge is 0.433 e. The summed E-state index contributed by atoms with van der Waals surface area (Å²) in [6.45, 7) is 3.12. The highest BCUT2D eigenvalue weighted by Crippen LogP contribution is 2.19. The summed E-state index contributed by atoms with van der Waals surface area (Å²) in [6, 6.07) is 3.21. The van der Waals surface area contributed by atoms with Gasteiger partial charge < -0.3 is 9.64 Å². The van der Waals surface area contributed by atoms with Crippen molar-refractivity contribution in [3.05, 3.63) is 30.0 Å². The van der Waals surface area contributed by atoms with Crippen LogP contribution >= 0.6 is 0 Å². The number of nitrogens with zero attached hydrogens (tertiary/aromatic N) is 5. The van der Waals surface area contributed by atoms with Crippen LogP contribution in [0.1, 0.15) is 11.6 Å². The monoisotopic (exact) mass is 324 g/mol. The number of piperazine rings is 1. The van der Waals surface area contributed by atoms with Crippen molar-refractivity contribution in [1.29, 1.82) is 0 Å². The van der Waals surface area contributed by atoms with Crippen LogP contribution in [0.2, 0.25) is 0 Å². The molecule has 0 amide bonds. The van der Waals surface area contributed by atoms with Gasteiger partial charge in [-0.15, -0.1) is 0 Å². The summed E-state index contributed by atoms with van der Waals surface area (Å²) in [5.41, 5.74) is 0. The maximum absolute atomic E-state index is 12.1. The van der Waals surface area contributed by atoms with Gasteiger partial charge in [0.2, 0.25) is 0 Å². The molecule has 124 valence electrons. The number of ether oxygens (including phenoxy) is 1. The zero-order chi connectivity index (χ0) is 16.2. The van der Waals surface area contributed by atoms with Gasteiger partial charge in [-0.05, 0) is 19.1 Å². The molecular weight excluding hydrogens is 306 g/mol. The van der Waals surface area contributed by atoms with Crippen LogP contribution in [0.5, 0.6) is 5.75 Å². The molecule has 0 spiro atoms. The van der Waals surface area contributed by atoms with E-state index < -0.39 is 6.61 Å². The Labute approximate surface area is 132 Å². The first kappa shape index (κ1) is 15.6. The van der Waals surface area contributed by atoms with E-state index >= 15 is 0 Å². The molecule has 1 saturated heterocycles. The number of hydrogen-bond acceptors (Lipinski definition) is 6. The van der Waals surface area contributed by atoms with E-state index in [9.17, 15) is 8.78 Å². The molecule has 0 saturated carbocycles. The number of aromatic nitrogens is 4. The van der Waals surface area contributed by atoms with Crippen LogP contribution in [-0.4, -0.2) is 57.9 Å². The molecule has 1 N–H and O–H groups in total. The van der Waals surface area contributed by atoms with E-state index in [4.69, 9.17) is 0 Å². The summed E-state index contributed by atoms with van der Waals surface area (Å²) in [4.78, 5) is 12.9. The lowest BCUT2D eigenvalue weighted by atomic mass is 10.3. The average molecular weight is 324 g/mol. The Kier molecular flexibility index (Phi) is 4.65. The third kappa shape index (κ3) is 4.13. The number of halogens is 2. The van der Waals surface area contributed by atoms with Gasteiger partial charge in [-0.3, -0.25) is 10.00 Å². The molecule has 0 unspecified atom stereocenters. The van der Waals surface area contributed by atoms with Gasteiger partial charge in [-0.2, -0.15) is 13.9 Å². The van der Waals surface area contributed by atoms with Gasteiger partial charge in [0.1, 0.15) is 17.4 Å². The standard InChI is InChI=1S/C14H18F2N6O/c1-10-18-12(20-19-10)9-21-4-6-22(7-5-21)13-3-2-11(8-17-13)23-14(15)16/h2-3,8,14H,4-7,9H2,1H3,(H,18,19,20). The molecule has 23 heavy (non-hydrogen) atoms. The van der Waals surface area contributed by atoms with Crippen molar-refractivity contribution in [2.75, 3.05) is 31.1 Å². The number of rotatable bonds is 5. The van der Waals surface area contributed by atoms with Gasteiger partial charge in [-0.1, -0.05) is 0 Å². The van der Waals surface area contributed by atoms with Crippen molar-refractivity contribution in [1.82, 2.24) is 25.1 Å². The van der Waals surface area contributed by atoms with Crippen molar-refractivity contribution in [3.8, 4) is 5.75 Å². The van der Waals surface area contributed by atoms with Crippen LogP contribution in [0, 0.1) is 6.92 Å². The molecule has 0 aromatic carbocycles. The average Bonchev–Trinajstić information content (AvgIpc) is 2.93. The number of H-pyrrole nitrogens is 1. The zero-order valence-corrected chi connectivity index (χ0v) is 12.7. The van der Waals surface area contributed by atoms with Crippen molar-refractivity contribution in [2.24, 2.45) is 0 Å². The lowest BCUT2D eigenvalue weighted by molar-refractivity contribution is -0.0500. The van der Waals surface area contributed by atoms with Gasteiger partial charge in [-0.25, -0.2) is 9.97 Å². The molecule has 3 rings (SSSR count). The van der Waals surface area contributed by atoms with E-state index in [0.717, 1.165) is 43.6 Å². The SMILES string of the molecule is Cc1nc(CN2CCN(c3ccc(OC(F)F)cn3)CC2)n[nH]1. The molecule has 3 heterocycles. The lowest BCUT2D eigenvalue weighted by Crippen LogP contribution is -2.46. The smallest absolute Gasteiger partial charge is 0.387 e.